The Morgan fingerprint density at radius 1 is 0.500 bits per heavy atom. The summed E-state index contributed by atoms with van der Waals surface area (Å²) in [5.74, 6) is 0.429. The maximum absolute atomic E-state index is 12.8. The van der Waals surface area contributed by atoms with E-state index in [2.05, 4.69) is 20.3 Å². The summed E-state index contributed by atoms with van der Waals surface area (Å²) in [6.07, 6.45) is -8.92. The van der Waals surface area contributed by atoms with E-state index in [4.69, 9.17) is 9.05 Å². The van der Waals surface area contributed by atoms with Crippen molar-refractivity contribution < 1.29 is 35.4 Å². The molecule has 0 aliphatic rings. The van der Waals surface area contributed by atoms with E-state index in [0.717, 1.165) is 24.3 Å². The minimum absolute atomic E-state index is 0.0354. The zero-order valence-electron chi connectivity index (χ0n) is 17.8. The predicted molar refractivity (Wildman–Crippen MR) is 114 cm³/mol. The Morgan fingerprint density at radius 3 is 1.25 bits per heavy atom. The van der Waals surface area contributed by atoms with Crippen molar-refractivity contribution in [1.29, 1.82) is 0 Å². The predicted octanol–water partition coefficient (Wildman–Crippen LogP) is 7.16. The highest BCUT2D eigenvalue weighted by molar-refractivity contribution is 5.68. The summed E-state index contributed by atoms with van der Waals surface area (Å²) in [6.45, 7) is 0. The molecule has 5 rings (SSSR count). The Morgan fingerprint density at radius 2 is 0.889 bits per heavy atom. The fourth-order valence-electron chi connectivity index (χ4n) is 3.32. The van der Waals surface area contributed by atoms with E-state index < -0.39 is 23.5 Å². The van der Waals surface area contributed by atoms with Gasteiger partial charge in [-0.3, -0.25) is 0 Å². The minimum Gasteiger partial charge on any atom is -0.334 e. The van der Waals surface area contributed by atoms with E-state index in [9.17, 15) is 26.3 Å². The Bertz CT molecular complexity index is 1390. The molecule has 2 aromatic heterocycles. The molecule has 6 nitrogen and oxygen atoms in total. The number of hydrogen-bond donors (Lipinski definition) is 0. The molecule has 0 N–H and O–H groups in total. The molecule has 5 aromatic rings. The summed E-state index contributed by atoms with van der Waals surface area (Å²) in [5.41, 5.74) is 0.0593. The summed E-state index contributed by atoms with van der Waals surface area (Å²) < 4.78 is 87.0. The quantitative estimate of drug-likeness (QED) is 0.243. The van der Waals surface area contributed by atoms with Gasteiger partial charge in [-0.25, -0.2) is 0 Å². The van der Waals surface area contributed by atoms with Gasteiger partial charge >= 0.3 is 12.4 Å². The fraction of sp³-hybridized carbons (Fsp3) is 0.0833. The number of aromatic nitrogens is 4. The normalized spacial score (nSPS) is 12.2. The fourth-order valence-corrected chi connectivity index (χ4v) is 3.32. The molecule has 3 aromatic carbocycles. The van der Waals surface area contributed by atoms with Gasteiger partial charge in [0.1, 0.15) is 0 Å². The lowest BCUT2D eigenvalue weighted by Gasteiger charge is -2.05. The van der Waals surface area contributed by atoms with Crippen molar-refractivity contribution in [2.24, 2.45) is 0 Å². The van der Waals surface area contributed by atoms with Gasteiger partial charge in [-0.2, -0.15) is 36.3 Å². The van der Waals surface area contributed by atoms with E-state index in [-0.39, 0.29) is 23.4 Å². The van der Waals surface area contributed by atoms with Gasteiger partial charge in [0.15, 0.2) is 0 Å². The van der Waals surface area contributed by atoms with Crippen molar-refractivity contribution in [2.75, 3.05) is 0 Å². The summed E-state index contributed by atoms with van der Waals surface area (Å²) in [7, 11) is 0. The lowest BCUT2D eigenvalue weighted by molar-refractivity contribution is -0.138. The third-order valence-electron chi connectivity index (χ3n) is 5.15. The van der Waals surface area contributed by atoms with Crippen LogP contribution in [0, 0.1) is 0 Å². The molecule has 0 atom stereocenters. The zero-order chi connectivity index (χ0) is 25.5. The first kappa shape index (κ1) is 23.3. The number of benzene rings is 3. The molecule has 0 bridgehead atoms. The van der Waals surface area contributed by atoms with Gasteiger partial charge in [0, 0.05) is 22.3 Å². The Hall–Kier alpha value is -4.48. The standard InChI is InChI=1S/C24H12F6N4O2/c25-23(26,27)17-8-4-13(5-9-17)21-31-19(33-35-21)15-2-1-3-16(12-15)20-32-22(36-34-20)14-6-10-18(11-7-14)24(28,29)30/h1-12H. The highest BCUT2D eigenvalue weighted by Crippen LogP contribution is 2.33. The van der Waals surface area contributed by atoms with Gasteiger partial charge in [0.05, 0.1) is 11.1 Å². The average Bonchev–Trinajstić information content (AvgIpc) is 3.54. The number of alkyl halides is 6. The molecule has 182 valence electrons. The topological polar surface area (TPSA) is 77.8 Å². The van der Waals surface area contributed by atoms with Crippen LogP contribution < -0.4 is 0 Å². The van der Waals surface area contributed by atoms with E-state index >= 15 is 0 Å². The Labute approximate surface area is 198 Å². The third kappa shape index (κ3) is 4.69. The molecule has 0 radical (unpaired) electrons. The van der Waals surface area contributed by atoms with Gasteiger partial charge < -0.3 is 9.05 Å². The zero-order valence-corrected chi connectivity index (χ0v) is 17.8. The molecular formula is C24H12F6N4O2. The van der Waals surface area contributed by atoms with E-state index in [1.807, 2.05) is 0 Å². The summed E-state index contributed by atoms with van der Waals surface area (Å²) in [4.78, 5) is 8.49. The van der Waals surface area contributed by atoms with Crippen LogP contribution in [0.15, 0.2) is 81.8 Å². The van der Waals surface area contributed by atoms with Crippen LogP contribution in [0.4, 0.5) is 26.3 Å². The van der Waals surface area contributed by atoms with E-state index in [0.29, 0.717) is 22.3 Å². The van der Waals surface area contributed by atoms with Crippen molar-refractivity contribution in [1.82, 2.24) is 20.3 Å². The van der Waals surface area contributed by atoms with Crippen LogP contribution in [0.1, 0.15) is 11.1 Å². The molecule has 0 aliphatic carbocycles. The number of halogens is 6. The first-order valence-electron chi connectivity index (χ1n) is 10.2. The van der Waals surface area contributed by atoms with Crippen LogP contribution in [-0.2, 0) is 12.4 Å². The van der Waals surface area contributed by atoms with Crippen LogP contribution in [-0.4, -0.2) is 20.3 Å². The van der Waals surface area contributed by atoms with Crippen LogP contribution in [0.5, 0.6) is 0 Å². The van der Waals surface area contributed by atoms with E-state index in [1.165, 1.54) is 24.3 Å². The number of rotatable bonds is 4. The molecule has 0 aliphatic heterocycles. The molecule has 0 saturated carbocycles. The maximum atomic E-state index is 12.8. The van der Waals surface area contributed by atoms with Crippen LogP contribution >= 0.6 is 0 Å². The number of nitrogens with zero attached hydrogens (tertiary/aromatic N) is 4. The van der Waals surface area contributed by atoms with Crippen molar-refractivity contribution in [3.05, 3.63) is 83.9 Å². The highest BCUT2D eigenvalue weighted by Gasteiger charge is 2.31. The first-order valence-corrected chi connectivity index (χ1v) is 10.2. The summed E-state index contributed by atoms with van der Waals surface area (Å²) in [5, 5.41) is 7.77. The molecular weight excluding hydrogens is 490 g/mol. The molecule has 12 heteroatoms. The molecule has 2 heterocycles. The Kier molecular flexibility index (Phi) is 5.58. The SMILES string of the molecule is FC(F)(F)c1ccc(-c2nc(-c3cccc(-c4noc(-c5ccc(C(F)(F)F)cc5)n4)c3)no2)cc1. The second-order valence-corrected chi connectivity index (χ2v) is 7.58. The second kappa shape index (κ2) is 8.63. The van der Waals surface area contributed by atoms with Gasteiger partial charge in [0.25, 0.3) is 11.8 Å². The maximum Gasteiger partial charge on any atom is 0.416 e. The van der Waals surface area contributed by atoms with Gasteiger partial charge in [0.2, 0.25) is 11.6 Å². The van der Waals surface area contributed by atoms with Crippen molar-refractivity contribution in [3.8, 4) is 45.7 Å². The average molecular weight is 502 g/mol. The van der Waals surface area contributed by atoms with Crippen molar-refractivity contribution in [3.63, 3.8) is 0 Å². The molecule has 0 amide bonds. The van der Waals surface area contributed by atoms with Crippen LogP contribution in [0.25, 0.3) is 45.7 Å². The molecule has 0 fully saturated rings. The smallest absolute Gasteiger partial charge is 0.334 e. The van der Waals surface area contributed by atoms with Crippen molar-refractivity contribution in [2.45, 2.75) is 12.4 Å². The van der Waals surface area contributed by atoms with Crippen LogP contribution in [0.3, 0.4) is 0 Å². The first-order chi connectivity index (χ1) is 17.1. The Balaban J connectivity index is 1.38. The van der Waals surface area contributed by atoms with E-state index in [1.54, 1.807) is 24.3 Å². The van der Waals surface area contributed by atoms with Gasteiger partial charge in [-0.1, -0.05) is 28.5 Å². The van der Waals surface area contributed by atoms with Gasteiger partial charge in [-0.05, 0) is 54.6 Å². The molecule has 0 unspecified atom stereocenters. The summed E-state index contributed by atoms with van der Waals surface area (Å²) in [6, 6.07) is 15.3. The minimum atomic E-state index is -4.46. The second-order valence-electron chi connectivity index (χ2n) is 7.58. The molecule has 0 spiro atoms. The monoisotopic (exact) mass is 502 g/mol. The number of hydrogen-bond acceptors (Lipinski definition) is 6. The summed E-state index contributed by atoms with van der Waals surface area (Å²) >= 11 is 0. The third-order valence-corrected chi connectivity index (χ3v) is 5.15. The van der Waals surface area contributed by atoms with Crippen LogP contribution in [0.2, 0.25) is 0 Å². The van der Waals surface area contributed by atoms with Crippen molar-refractivity contribution >= 4 is 0 Å². The lowest BCUT2D eigenvalue weighted by atomic mass is 10.1. The molecule has 0 saturated heterocycles. The highest BCUT2D eigenvalue weighted by atomic mass is 19.4. The van der Waals surface area contributed by atoms with Gasteiger partial charge in [-0.15, -0.1) is 0 Å². The lowest BCUT2D eigenvalue weighted by Crippen LogP contribution is -2.03. The molecule has 36 heavy (non-hydrogen) atoms. The largest absolute Gasteiger partial charge is 0.416 e.